The van der Waals surface area contributed by atoms with Gasteiger partial charge in [0.2, 0.25) is 0 Å². The molecule has 1 unspecified atom stereocenters. The third-order valence-corrected chi connectivity index (χ3v) is 2.44. The molecular formula is C11H7F6N3O2. The van der Waals surface area contributed by atoms with E-state index in [0.29, 0.717) is 0 Å². The van der Waals surface area contributed by atoms with Crippen molar-refractivity contribution in [3.63, 3.8) is 0 Å². The van der Waals surface area contributed by atoms with Gasteiger partial charge in [-0.3, -0.25) is 0 Å². The Kier molecular flexibility index (Phi) is 4.00. The number of rotatable bonds is 3. The van der Waals surface area contributed by atoms with Crippen molar-refractivity contribution >= 4 is 0 Å². The van der Waals surface area contributed by atoms with Crippen LogP contribution in [0.25, 0.3) is 0 Å². The molecule has 0 saturated carbocycles. The zero-order valence-electron chi connectivity index (χ0n) is 10.4. The number of hydrogen-bond acceptors (Lipinski definition) is 5. The molecule has 5 nitrogen and oxygen atoms in total. The van der Waals surface area contributed by atoms with Crippen LogP contribution in [0.5, 0.6) is 5.75 Å². The molecule has 1 atom stereocenters. The first-order valence-electron chi connectivity index (χ1n) is 5.58. The minimum atomic E-state index is -4.85. The van der Waals surface area contributed by atoms with Crippen LogP contribution in [0.2, 0.25) is 0 Å². The Morgan fingerprint density at radius 1 is 1.05 bits per heavy atom. The predicted octanol–water partition coefficient (Wildman–Crippen LogP) is 3.04. The Balaban J connectivity index is 2.16. The number of aromatic nitrogens is 2. The molecule has 0 amide bonds. The highest BCUT2D eigenvalue weighted by molar-refractivity contribution is 5.31. The fourth-order valence-corrected chi connectivity index (χ4v) is 1.50. The minimum Gasteiger partial charge on any atom is -0.406 e. The standard InChI is InChI=1S/C11H7F6N3O2/c12-10(13,14)9-19-8(20-22-9)7(18)5-1-3-6(4-2-5)21-11(15,16)17/h1-4,7H,18H2. The van der Waals surface area contributed by atoms with Crippen LogP contribution >= 0.6 is 0 Å². The summed E-state index contributed by atoms with van der Waals surface area (Å²) in [6.07, 6.45) is -9.66. The summed E-state index contributed by atoms with van der Waals surface area (Å²) in [5, 5.41) is 3.10. The zero-order chi connectivity index (χ0) is 16.5. The molecule has 11 heteroatoms. The van der Waals surface area contributed by atoms with Crippen molar-refractivity contribution in [1.82, 2.24) is 10.1 Å². The SMILES string of the molecule is NC(c1ccc(OC(F)(F)F)cc1)c1noc(C(F)(F)F)n1. The third kappa shape index (κ3) is 3.87. The van der Waals surface area contributed by atoms with Crippen LogP contribution < -0.4 is 10.5 Å². The zero-order valence-corrected chi connectivity index (χ0v) is 10.4. The lowest BCUT2D eigenvalue weighted by atomic mass is 10.1. The lowest BCUT2D eigenvalue weighted by Gasteiger charge is -2.11. The molecule has 2 N–H and O–H groups in total. The van der Waals surface area contributed by atoms with Crippen molar-refractivity contribution in [3.8, 4) is 5.75 Å². The maximum atomic E-state index is 12.3. The number of nitrogens with zero attached hydrogens (tertiary/aromatic N) is 2. The molecule has 2 aromatic rings. The van der Waals surface area contributed by atoms with Crippen LogP contribution in [0.4, 0.5) is 26.3 Å². The van der Waals surface area contributed by atoms with Gasteiger partial charge in [-0.15, -0.1) is 13.2 Å². The summed E-state index contributed by atoms with van der Waals surface area (Å²) in [5.74, 6) is -2.50. The van der Waals surface area contributed by atoms with Crippen LogP contribution in [0.3, 0.4) is 0 Å². The Bertz CT molecular complexity index is 635. The van der Waals surface area contributed by atoms with Gasteiger partial charge in [-0.2, -0.15) is 18.2 Å². The molecule has 22 heavy (non-hydrogen) atoms. The van der Waals surface area contributed by atoms with Gasteiger partial charge in [0.15, 0.2) is 5.82 Å². The molecule has 0 radical (unpaired) electrons. The van der Waals surface area contributed by atoms with Gasteiger partial charge in [-0.25, -0.2) is 0 Å². The molecule has 1 heterocycles. The largest absolute Gasteiger partial charge is 0.573 e. The van der Waals surface area contributed by atoms with Crippen molar-refractivity contribution in [3.05, 3.63) is 41.5 Å². The van der Waals surface area contributed by atoms with Gasteiger partial charge in [0, 0.05) is 0 Å². The van der Waals surface area contributed by atoms with Gasteiger partial charge in [0.05, 0.1) is 6.04 Å². The summed E-state index contributed by atoms with van der Waals surface area (Å²) in [7, 11) is 0. The quantitative estimate of drug-likeness (QED) is 0.877. The fraction of sp³-hybridized carbons (Fsp3) is 0.273. The van der Waals surface area contributed by atoms with Crippen LogP contribution in [0, 0.1) is 0 Å². The number of ether oxygens (including phenoxy) is 1. The van der Waals surface area contributed by atoms with Crippen LogP contribution in [0.1, 0.15) is 23.3 Å². The lowest BCUT2D eigenvalue weighted by molar-refractivity contribution is -0.274. The number of halogens is 6. The van der Waals surface area contributed by atoms with E-state index in [1.54, 1.807) is 0 Å². The Morgan fingerprint density at radius 2 is 1.64 bits per heavy atom. The van der Waals surface area contributed by atoms with E-state index in [0.717, 1.165) is 24.3 Å². The van der Waals surface area contributed by atoms with Crippen molar-refractivity contribution in [2.45, 2.75) is 18.6 Å². The fourth-order valence-electron chi connectivity index (χ4n) is 1.50. The van der Waals surface area contributed by atoms with Crippen LogP contribution in [-0.2, 0) is 6.18 Å². The Morgan fingerprint density at radius 3 is 2.09 bits per heavy atom. The molecule has 0 saturated heterocycles. The van der Waals surface area contributed by atoms with Gasteiger partial charge in [-0.1, -0.05) is 17.3 Å². The first kappa shape index (κ1) is 16.1. The van der Waals surface area contributed by atoms with E-state index < -0.39 is 36.0 Å². The number of nitrogens with two attached hydrogens (primary N) is 1. The average Bonchev–Trinajstić information content (AvgIpc) is 2.86. The second kappa shape index (κ2) is 5.48. The topological polar surface area (TPSA) is 74.2 Å². The number of benzene rings is 1. The molecule has 0 aliphatic rings. The monoisotopic (exact) mass is 327 g/mol. The average molecular weight is 327 g/mol. The van der Waals surface area contributed by atoms with E-state index >= 15 is 0 Å². The lowest BCUT2D eigenvalue weighted by Crippen LogP contribution is -2.17. The van der Waals surface area contributed by atoms with Crippen molar-refractivity contribution in [2.75, 3.05) is 0 Å². The molecule has 120 valence electrons. The highest BCUT2D eigenvalue weighted by atomic mass is 19.4. The summed E-state index contributed by atoms with van der Waals surface area (Å²) in [5.41, 5.74) is 5.82. The maximum Gasteiger partial charge on any atom is 0.573 e. The summed E-state index contributed by atoms with van der Waals surface area (Å²) >= 11 is 0. The second-order valence-electron chi connectivity index (χ2n) is 4.05. The summed E-state index contributed by atoms with van der Waals surface area (Å²) in [4.78, 5) is 3.10. The first-order chi connectivity index (χ1) is 10.1. The molecule has 0 aliphatic carbocycles. The van der Waals surface area contributed by atoms with E-state index in [4.69, 9.17) is 5.73 Å². The predicted molar refractivity (Wildman–Crippen MR) is 58.5 cm³/mol. The van der Waals surface area contributed by atoms with Crippen LogP contribution in [-0.4, -0.2) is 16.5 Å². The van der Waals surface area contributed by atoms with Gasteiger partial charge in [0.1, 0.15) is 5.75 Å². The highest BCUT2D eigenvalue weighted by Gasteiger charge is 2.39. The van der Waals surface area contributed by atoms with Crippen LogP contribution in [0.15, 0.2) is 28.8 Å². The molecule has 1 aromatic heterocycles. The van der Waals surface area contributed by atoms with E-state index in [1.165, 1.54) is 0 Å². The van der Waals surface area contributed by atoms with E-state index in [2.05, 4.69) is 19.4 Å². The molecule has 0 fully saturated rings. The Labute approximate surface area is 118 Å². The normalized spacial score (nSPS) is 14.0. The molecule has 2 rings (SSSR count). The molecule has 0 bridgehead atoms. The maximum absolute atomic E-state index is 12.3. The summed E-state index contributed by atoms with van der Waals surface area (Å²) < 4.78 is 80.6. The summed E-state index contributed by atoms with van der Waals surface area (Å²) in [6, 6.07) is 3.03. The van der Waals surface area contributed by atoms with Crippen molar-refractivity contribution in [1.29, 1.82) is 0 Å². The third-order valence-electron chi connectivity index (χ3n) is 2.44. The van der Waals surface area contributed by atoms with E-state index in [-0.39, 0.29) is 5.56 Å². The Hall–Kier alpha value is -2.30. The highest BCUT2D eigenvalue weighted by Crippen LogP contribution is 2.29. The minimum absolute atomic E-state index is 0.184. The second-order valence-corrected chi connectivity index (χ2v) is 4.05. The van der Waals surface area contributed by atoms with Gasteiger partial charge in [-0.05, 0) is 17.7 Å². The number of alkyl halides is 6. The van der Waals surface area contributed by atoms with E-state index in [1.807, 2.05) is 0 Å². The smallest absolute Gasteiger partial charge is 0.406 e. The molecule has 1 aromatic carbocycles. The van der Waals surface area contributed by atoms with Gasteiger partial charge in [0.25, 0.3) is 0 Å². The van der Waals surface area contributed by atoms with Crippen molar-refractivity contribution < 1.29 is 35.6 Å². The van der Waals surface area contributed by atoms with E-state index in [9.17, 15) is 26.3 Å². The van der Waals surface area contributed by atoms with Gasteiger partial charge >= 0.3 is 18.4 Å². The van der Waals surface area contributed by atoms with Crippen molar-refractivity contribution in [2.24, 2.45) is 5.73 Å². The molecular weight excluding hydrogens is 320 g/mol. The molecule has 0 aliphatic heterocycles. The molecule has 0 spiro atoms. The van der Waals surface area contributed by atoms with Gasteiger partial charge < -0.3 is 15.0 Å². The number of hydrogen-bond donors (Lipinski definition) is 1. The first-order valence-corrected chi connectivity index (χ1v) is 5.58. The summed E-state index contributed by atoms with van der Waals surface area (Å²) in [6.45, 7) is 0.